The summed E-state index contributed by atoms with van der Waals surface area (Å²) in [5.41, 5.74) is -0.428. The van der Waals surface area contributed by atoms with Gasteiger partial charge in [0.25, 0.3) is 0 Å². The Bertz CT molecular complexity index is 456. The number of alkyl halides is 3. The molecule has 0 aliphatic carbocycles. The van der Waals surface area contributed by atoms with Gasteiger partial charge in [0.15, 0.2) is 5.69 Å². The second-order valence-corrected chi connectivity index (χ2v) is 3.85. The van der Waals surface area contributed by atoms with E-state index in [1.165, 1.54) is 16.0 Å². The number of rotatable bonds is 1. The molecule has 0 unspecified atom stereocenters. The standard InChI is InChI=1S/C9H6F3N2S/c1-6-5-7(9(10,11)12)13-14(6)8-3-2-4-15-8/h2,4-5H,1H3. The van der Waals surface area contributed by atoms with Gasteiger partial charge in [-0.2, -0.15) is 18.3 Å². The van der Waals surface area contributed by atoms with Crippen LogP contribution >= 0.6 is 11.3 Å². The van der Waals surface area contributed by atoms with Crippen LogP contribution in [0.15, 0.2) is 17.5 Å². The Balaban J connectivity index is 2.47. The highest BCUT2D eigenvalue weighted by molar-refractivity contribution is 7.12. The molecule has 0 N–H and O–H groups in total. The zero-order chi connectivity index (χ0) is 11.1. The molecule has 79 valence electrons. The van der Waals surface area contributed by atoms with E-state index in [2.05, 4.69) is 11.2 Å². The molecule has 2 heterocycles. The van der Waals surface area contributed by atoms with Crippen LogP contribution in [-0.4, -0.2) is 9.78 Å². The Labute approximate surface area is 88.0 Å². The van der Waals surface area contributed by atoms with Gasteiger partial charge in [-0.15, -0.1) is 11.3 Å². The average molecular weight is 231 g/mol. The van der Waals surface area contributed by atoms with Crippen LogP contribution in [0.3, 0.4) is 0 Å². The molecule has 2 aromatic heterocycles. The molecule has 0 saturated carbocycles. The molecule has 2 nitrogen and oxygen atoms in total. The first-order valence-corrected chi connectivity index (χ1v) is 4.96. The summed E-state index contributed by atoms with van der Waals surface area (Å²) >= 11 is 1.29. The first kappa shape index (κ1) is 10.2. The molecule has 0 aliphatic heterocycles. The molecule has 0 fully saturated rings. The molecule has 0 amide bonds. The zero-order valence-corrected chi connectivity index (χ0v) is 8.49. The summed E-state index contributed by atoms with van der Waals surface area (Å²) in [6.07, 6.45) is -4.40. The fourth-order valence-corrected chi connectivity index (χ4v) is 1.85. The molecular formula is C9H6F3N2S. The van der Waals surface area contributed by atoms with E-state index in [4.69, 9.17) is 0 Å². The van der Waals surface area contributed by atoms with Gasteiger partial charge in [0.1, 0.15) is 5.00 Å². The van der Waals surface area contributed by atoms with Crippen LogP contribution in [0.1, 0.15) is 11.4 Å². The second-order valence-electron chi connectivity index (χ2n) is 2.95. The summed E-state index contributed by atoms with van der Waals surface area (Å²) < 4.78 is 38.3. The van der Waals surface area contributed by atoms with E-state index in [-0.39, 0.29) is 0 Å². The van der Waals surface area contributed by atoms with Gasteiger partial charge in [0, 0.05) is 11.8 Å². The average Bonchev–Trinajstić information content (AvgIpc) is 2.69. The summed E-state index contributed by atoms with van der Waals surface area (Å²) in [4.78, 5) is 0. The maximum atomic E-state index is 12.3. The largest absolute Gasteiger partial charge is 0.435 e. The van der Waals surface area contributed by atoms with Crippen molar-refractivity contribution in [2.45, 2.75) is 13.1 Å². The van der Waals surface area contributed by atoms with Gasteiger partial charge in [-0.1, -0.05) is 0 Å². The number of thiophene rings is 1. The molecule has 0 bridgehead atoms. The Kier molecular flexibility index (Phi) is 2.30. The Morgan fingerprint density at radius 1 is 1.47 bits per heavy atom. The molecular weight excluding hydrogens is 225 g/mol. The van der Waals surface area contributed by atoms with E-state index in [0.29, 0.717) is 10.7 Å². The van der Waals surface area contributed by atoms with Crippen LogP contribution < -0.4 is 0 Å². The Hall–Kier alpha value is -1.30. The van der Waals surface area contributed by atoms with Gasteiger partial charge in [-0.3, -0.25) is 0 Å². The summed E-state index contributed by atoms with van der Waals surface area (Å²) in [7, 11) is 0. The van der Waals surface area contributed by atoms with Crippen LogP contribution in [0, 0.1) is 13.0 Å². The van der Waals surface area contributed by atoms with Crippen molar-refractivity contribution in [3.05, 3.63) is 35.0 Å². The minimum atomic E-state index is -4.40. The maximum Gasteiger partial charge on any atom is 0.435 e. The maximum absolute atomic E-state index is 12.3. The number of hydrogen-bond donors (Lipinski definition) is 0. The minimum absolute atomic E-state index is 0.445. The second kappa shape index (κ2) is 3.37. The third-order valence-electron chi connectivity index (χ3n) is 1.82. The minimum Gasteiger partial charge on any atom is -0.227 e. The third-order valence-corrected chi connectivity index (χ3v) is 2.61. The lowest BCUT2D eigenvalue weighted by Crippen LogP contribution is -2.06. The van der Waals surface area contributed by atoms with Crippen LogP contribution in [-0.2, 0) is 6.18 Å². The lowest BCUT2D eigenvalue weighted by Gasteiger charge is -2.00. The molecule has 0 aromatic carbocycles. The summed E-state index contributed by atoms with van der Waals surface area (Å²) in [6, 6.07) is 5.48. The van der Waals surface area contributed by atoms with E-state index in [1.54, 1.807) is 18.4 Å². The van der Waals surface area contributed by atoms with Gasteiger partial charge in [0.2, 0.25) is 0 Å². The molecule has 0 saturated heterocycles. The van der Waals surface area contributed by atoms with Crippen LogP contribution in [0.4, 0.5) is 13.2 Å². The van der Waals surface area contributed by atoms with Crippen molar-refractivity contribution in [1.29, 1.82) is 0 Å². The van der Waals surface area contributed by atoms with Crippen molar-refractivity contribution < 1.29 is 13.2 Å². The molecule has 0 aliphatic rings. The van der Waals surface area contributed by atoms with Crippen molar-refractivity contribution in [3.63, 3.8) is 0 Å². The Morgan fingerprint density at radius 2 is 2.20 bits per heavy atom. The van der Waals surface area contributed by atoms with E-state index in [0.717, 1.165) is 6.07 Å². The molecule has 2 aromatic rings. The number of hydrogen-bond acceptors (Lipinski definition) is 2. The molecule has 15 heavy (non-hydrogen) atoms. The van der Waals surface area contributed by atoms with E-state index >= 15 is 0 Å². The summed E-state index contributed by atoms with van der Waals surface area (Å²) in [5.74, 6) is 0. The van der Waals surface area contributed by atoms with E-state index < -0.39 is 11.9 Å². The van der Waals surface area contributed by atoms with Crippen LogP contribution in [0.2, 0.25) is 0 Å². The summed E-state index contributed by atoms with van der Waals surface area (Å²) in [5, 5.41) is 5.79. The van der Waals surface area contributed by atoms with E-state index in [1.807, 2.05) is 0 Å². The van der Waals surface area contributed by atoms with Gasteiger partial charge < -0.3 is 0 Å². The van der Waals surface area contributed by atoms with Gasteiger partial charge >= 0.3 is 6.18 Å². The zero-order valence-electron chi connectivity index (χ0n) is 7.67. The third kappa shape index (κ3) is 1.90. The van der Waals surface area contributed by atoms with Crippen molar-refractivity contribution in [2.75, 3.05) is 0 Å². The predicted octanol–water partition coefficient (Wildman–Crippen LogP) is 3.06. The highest BCUT2D eigenvalue weighted by atomic mass is 32.1. The van der Waals surface area contributed by atoms with Crippen LogP contribution in [0.5, 0.6) is 0 Å². The van der Waals surface area contributed by atoms with Crippen molar-refractivity contribution in [1.82, 2.24) is 9.78 Å². The van der Waals surface area contributed by atoms with Gasteiger partial charge in [-0.25, -0.2) is 4.68 Å². The van der Waals surface area contributed by atoms with Crippen molar-refractivity contribution in [3.8, 4) is 5.00 Å². The number of aryl methyl sites for hydroxylation is 1. The van der Waals surface area contributed by atoms with Gasteiger partial charge in [-0.05, 0) is 24.4 Å². The number of halogens is 3. The SMILES string of the molecule is Cc1cc(C(F)(F)F)nn1-c1[c]ccs1. The van der Waals surface area contributed by atoms with E-state index in [9.17, 15) is 13.2 Å². The summed E-state index contributed by atoms with van der Waals surface area (Å²) in [6.45, 7) is 1.58. The molecule has 6 heteroatoms. The normalized spacial score (nSPS) is 12.0. The first-order chi connectivity index (χ1) is 6.98. The Morgan fingerprint density at radius 3 is 2.67 bits per heavy atom. The monoisotopic (exact) mass is 231 g/mol. The number of nitrogens with zero attached hydrogens (tertiary/aromatic N) is 2. The van der Waals surface area contributed by atoms with Crippen molar-refractivity contribution in [2.24, 2.45) is 0 Å². The smallest absolute Gasteiger partial charge is 0.227 e. The van der Waals surface area contributed by atoms with Gasteiger partial charge in [0.05, 0.1) is 0 Å². The fraction of sp³-hybridized carbons (Fsp3) is 0.222. The quantitative estimate of drug-likeness (QED) is 0.737. The molecule has 2 rings (SSSR count). The molecule has 0 spiro atoms. The highest BCUT2D eigenvalue weighted by Crippen LogP contribution is 2.29. The fourth-order valence-electron chi connectivity index (χ4n) is 1.17. The number of aromatic nitrogens is 2. The predicted molar refractivity (Wildman–Crippen MR) is 50.0 cm³/mol. The molecule has 1 radical (unpaired) electrons. The highest BCUT2D eigenvalue weighted by Gasteiger charge is 2.34. The first-order valence-electron chi connectivity index (χ1n) is 4.08. The lowest BCUT2D eigenvalue weighted by atomic mass is 10.4. The van der Waals surface area contributed by atoms with Crippen molar-refractivity contribution >= 4 is 11.3 Å². The molecule has 0 atom stereocenters. The topological polar surface area (TPSA) is 17.8 Å². The van der Waals surface area contributed by atoms with Crippen LogP contribution in [0.25, 0.3) is 5.00 Å². The lowest BCUT2D eigenvalue weighted by molar-refractivity contribution is -0.141.